The SMILES string of the molecule is O=C(C1CC1)N1CCC(C2CC(C3CC4C(CN3)CNN4C3COC3)ON2)CC1. The second-order valence-corrected chi connectivity index (χ2v) is 10.1. The van der Waals surface area contributed by atoms with Crippen molar-refractivity contribution in [3.63, 3.8) is 0 Å². The number of nitrogens with one attached hydrogen (secondary N) is 3. The van der Waals surface area contributed by atoms with E-state index in [9.17, 15) is 4.79 Å². The van der Waals surface area contributed by atoms with Gasteiger partial charge in [0.05, 0.1) is 25.4 Å². The number of rotatable bonds is 4. The largest absolute Gasteiger partial charge is 0.378 e. The van der Waals surface area contributed by atoms with Crippen molar-refractivity contribution < 1.29 is 14.4 Å². The molecule has 5 heterocycles. The third kappa shape index (κ3) is 3.62. The van der Waals surface area contributed by atoms with Crippen LogP contribution in [0.4, 0.5) is 0 Å². The molecule has 1 amide bonds. The monoisotopic (exact) mass is 405 g/mol. The molecule has 5 saturated heterocycles. The number of nitrogens with zero attached hydrogens (tertiary/aromatic N) is 2. The van der Waals surface area contributed by atoms with Crippen LogP contribution in [0.5, 0.6) is 0 Å². The summed E-state index contributed by atoms with van der Waals surface area (Å²) in [5, 5.41) is 6.26. The fraction of sp³-hybridized carbons (Fsp3) is 0.952. The molecule has 0 radical (unpaired) electrons. The van der Waals surface area contributed by atoms with E-state index in [2.05, 4.69) is 26.1 Å². The van der Waals surface area contributed by atoms with Gasteiger partial charge < -0.3 is 15.0 Å². The van der Waals surface area contributed by atoms with Crippen LogP contribution >= 0.6 is 0 Å². The van der Waals surface area contributed by atoms with E-state index >= 15 is 0 Å². The van der Waals surface area contributed by atoms with Crippen molar-refractivity contribution in [2.45, 2.75) is 68.8 Å². The van der Waals surface area contributed by atoms with Crippen LogP contribution in [0.15, 0.2) is 0 Å². The maximum atomic E-state index is 12.3. The molecular weight excluding hydrogens is 370 g/mol. The van der Waals surface area contributed by atoms with Crippen molar-refractivity contribution >= 4 is 5.91 Å². The molecule has 3 N–H and O–H groups in total. The summed E-state index contributed by atoms with van der Waals surface area (Å²) in [5.41, 5.74) is 7.00. The smallest absolute Gasteiger partial charge is 0.225 e. The molecule has 8 heteroatoms. The summed E-state index contributed by atoms with van der Waals surface area (Å²) in [6.45, 7) is 5.72. The van der Waals surface area contributed by atoms with Crippen LogP contribution < -0.4 is 16.2 Å². The van der Waals surface area contributed by atoms with Crippen LogP contribution in [0.1, 0.15) is 38.5 Å². The number of hydrogen-bond donors (Lipinski definition) is 3. The average Bonchev–Trinajstić information content (AvgIpc) is 3.31. The lowest BCUT2D eigenvalue weighted by Crippen LogP contribution is -2.59. The summed E-state index contributed by atoms with van der Waals surface area (Å²) < 4.78 is 5.42. The summed E-state index contributed by atoms with van der Waals surface area (Å²) in [5.74, 6) is 2.06. The highest BCUT2D eigenvalue weighted by atomic mass is 16.7. The molecule has 0 spiro atoms. The van der Waals surface area contributed by atoms with Crippen LogP contribution in [0, 0.1) is 17.8 Å². The number of carbonyl (C=O) groups is 1. The predicted molar refractivity (Wildman–Crippen MR) is 107 cm³/mol. The number of hydroxylamine groups is 1. The van der Waals surface area contributed by atoms with Crippen LogP contribution in [-0.4, -0.2) is 85.5 Å². The van der Waals surface area contributed by atoms with E-state index in [0.29, 0.717) is 47.8 Å². The third-order valence-corrected chi connectivity index (χ3v) is 8.24. The minimum Gasteiger partial charge on any atom is -0.378 e. The van der Waals surface area contributed by atoms with E-state index < -0.39 is 0 Å². The molecule has 5 atom stereocenters. The molecule has 1 saturated carbocycles. The molecule has 1 aliphatic carbocycles. The van der Waals surface area contributed by atoms with E-state index in [0.717, 1.165) is 77.9 Å². The van der Waals surface area contributed by atoms with Gasteiger partial charge in [-0.05, 0) is 44.4 Å². The second-order valence-electron chi connectivity index (χ2n) is 10.1. The molecule has 8 nitrogen and oxygen atoms in total. The lowest BCUT2D eigenvalue weighted by Gasteiger charge is -2.43. The van der Waals surface area contributed by atoms with Crippen LogP contribution in [0.25, 0.3) is 0 Å². The van der Waals surface area contributed by atoms with E-state index in [1.54, 1.807) is 0 Å². The van der Waals surface area contributed by atoms with Gasteiger partial charge in [0.15, 0.2) is 0 Å². The predicted octanol–water partition coefficient (Wildman–Crippen LogP) is -0.137. The molecule has 162 valence electrons. The number of hydrazine groups is 1. The molecule has 29 heavy (non-hydrogen) atoms. The number of fused-ring (bicyclic) bond motifs is 1. The Kier molecular flexibility index (Phi) is 5.05. The summed E-state index contributed by atoms with van der Waals surface area (Å²) >= 11 is 0. The van der Waals surface area contributed by atoms with Crippen LogP contribution in [0.3, 0.4) is 0 Å². The van der Waals surface area contributed by atoms with Crippen molar-refractivity contribution in [3.8, 4) is 0 Å². The topological polar surface area (TPSA) is 78.1 Å². The molecule has 5 aliphatic heterocycles. The number of likely N-dealkylation sites (tertiary alicyclic amines) is 1. The second kappa shape index (κ2) is 7.73. The van der Waals surface area contributed by atoms with Gasteiger partial charge >= 0.3 is 0 Å². The maximum absolute atomic E-state index is 12.3. The Bertz CT molecular complexity index is 619. The van der Waals surface area contributed by atoms with Gasteiger partial charge in [-0.3, -0.25) is 15.1 Å². The molecule has 6 rings (SSSR count). The highest BCUT2D eigenvalue weighted by molar-refractivity contribution is 5.81. The number of ether oxygens (including phenoxy) is 1. The van der Waals surface area contributed by atoms with Gasteiger partial charge in [0.2, 0.25) is 5.91 Å². The van der Waals surface area contributed by atoms with Gasteiger partial charge in [-0.1, -0.05) is 0 Å². The minimum atomic E-state index is 0.243. The van der Waals surface area contributed by atoms with Gasteiger partial charge in [0, 0.05) is 56.1 Å². The number of carbonyl (C=O) groups excluding carboxylic acids is 1. The number of piperidine rings is 2. The van der Waals surface area contributed by atoms with Crippen molar-refractivity contribution in [2.75, 3.05) is 39.4 Å². The zero-order valence-corrected chi connectivity index (χ0v) is 17.2. The van der Waals surface area contributed by atoms with Gasteiger partial charge in [0.1, 0.15) is 0 Å². The van der Waals surface area contributed by atoms with Crippen molar-refractivity contribution in [1.82, 2.24) is 26.1 Å². The number of amides is 1. The first-order chi connectivity index (χ1) is 14.3. The van der Waals surface area contributed by atoms with Gasteiger partial charge in [-0.15, -0.1) is 0 Å². The van der Waals surface area contributed by atoms with Crippen LogP contribution in [-0.2, 0) is 14.4 Å². The lowest BCUT2D eigenvalue weighted by atomic mass is 9.83. The fourth-order valence-electron chi connectivity index (χ4n) is 6.10. The summed E-state index contributed by atoms with van der Waals surface area (Å²) in [6.07, 6.45) is 6.89. The van der Waals surface area contributed by atoms with E-state index in [1.807, 2.05) is 0 Å². The first-order valence-electron chi connectivity index (χ1n) is 11.8. The molecule has 0 aromatic carbocycles. The van der Waals surface area contributed by atoms with Crippen LogP contribution in [0.2, 0.25) is 0 Å². The zero-order valence-electron chi connectivity index (χ0n) is 17.2. The highest BCUT2D eigenvalue weighted by Gasteiger charge is 2.47. The Balaban J connectivity index is 1.01. The van der Waals surface area contributed by atoms with Crippen molar-refractivity contribution in [1.29, 1.82) is 0 Å². The quantitative estimate of drug-likeness (QED) is 0.601. The van der Waals surface area contributed by atoms with Gasteiger partial charge in [-0.25, -0.2) is 5.01 Å². The Hall–Kier alpha value is -0.770. The molecule has 0 bridgehead atoms. The molecule has 6 fully saturated rings. The highest BCUT2D eigenvalue weighted by Crippen LogP contribution is 2.35. The van der Waals surface area contributed by atoms with Gasteiger partial charge in [0.25, 0.3) is 0 Å². The normalized spacial score (nSPS) is 42.1. The zero-order chi connectivity index (χ0) is 19.4. The first-order valence-corrected chi connectivity index (χ1v) is 11.8. The van der Waals surface area contributed by atoms with Crippen molar-refractivity contribution in [2.24, 2.45) is 17.8 Å². The average molecular weight is 406 g/mol. The van der Waals surface area contributed by atoms with E-state index in [1.165, 1.54) is 0 Å². The maximum Gasteiger partial charge on any atom is 0.225 e. The molecule has 0 aromatic heterocycles. The molecule has 5 unspecified atom stereocenters. The molecule has 0 aromatic rings. The van der Waals surface area contributed by atoms with Gasteiger partial charge in [-0.2, -0.15) is 5.48 Å². The summed E-state index contributed by atoms with van der Waals surface area (Å²) in [4.78, 5) is 20.5. The Morgan fingerprint density at radius 1 is 0.931 bits per heavy atom. The Morgan fingerprint density at radius 2 is 1.76 bits per heavy atom. The first kappa shape index (κ1) is 19.0. The lowest BCUT2D eigenvalue weighted by molar-refractivity contribution is -0.134. The fourth-order valence-corrected chi connectivity index (χ4v) is 6.10. The van der Waals surface area contributed by atoms with E-state index in [-0.39, 0.29) is 6.10 Å². The molecule has 6 aliphatic rings. The Morgan fingerprint density at radius 3 is 2.48 bits per heavy atom. The van der Waals surface area contributed by atoms with Crippen molar-refractivity contribution in [3.05, 3.63) is 0 Å². The third-order valence-electron chi connectivity index (χ3n) is 8.24. The summed E-state index contributed by atoms with van der Waals surface area (Å²) in [6, 6.07) is 1.97. The standard InChI is InChI=1S/C21H35N5O3/c27-21(14-1-2-14)25-5-3-13(4-6-25)17-8-20(29-24-17)18-7-19-15(9-22-18)10-23-26(19)16-11-28-12-16/h13-20,22-24H,1-12H2. The summed E-state index contributed by atoms with van der Waals surface area (Å²) in [7, 11) is 0. The minimum absolute atomic E-state index is 0.243. The Labute approximate surface area is 172 Å². The molecular formula is C21H35N5O3. The number of hydrogen-bond acceptors (Lipinski definition) is 7. The van der Waals surface area contributed by atoms with E-state index in [4.69, 9.17) is 9.57 Å².